The van der Waals surface area contributed by atoms with Crippen molar-refractivity contribution in [2.45, 2.75) is 6.92 Å². The maximum Gasteiger partial charge on any atom is 0.204 e. The molecule has 0 bridgehead atoms. The van der Waals surface area contributed by atoms with E-state index in [4.69, 9.17) is 9.15 Å². The van der Waals surface area contributed by atoms with Crippen molar-refractivity contribution in [3.8, 4) is 5.75 Å². The van der Waals surface area contributed by atoms with E-state index in [1.165, 1.54) is 7.11 Å². The Bertz CT molecular complexity index is 922. The molecule has 0 aliphatic heterocycles. The van der Waals surface area contributed by atoms with Gasteiger partial charge in [0.05, 0.1) is 12.5 Å². The number of carbonyl (C=O) groups excluding carboxylic acids is 1. The molecule has 1 aromatic heterocycles. The van der Waals surface area contributed by atoms with Crippen molar-refractivity contribution in [2.75, 3.05) is 7.11 Å². The minimum absolute atomic E-state index is 0.0620. The van der Waals surface area contributed by atoms with Crippen LogP contribution in [0, 0.1) is 6.92 Å². The summed E-state index contributed by atoms with van der Waals surface area (Å²) in [4.78, 5) is 25.3. The van der Waals surface area contributed by atoms with Gasteiger partial charge in [0.25, 0.3) is 0 Å². The molecular formula is C18H14O4. The van der Waals surface area contributed by atoms with Gasteiger partial charge in [-0.2, -0.15) is 0 Å². The Hall–Kier alpha value is -2.88. The molecular weight excluding hydrogens is 280 g/mol. The lowest BCUT2D eigenvalue weighted by molar-refractivity contribution is 0.103. The molecule has 0 saturated carbocycles. The molecule has 4 nitrogen and oxygen atoms in total. The van der Waals surface area contributed by atoms with E-state index in [0.717, 1.165) is 0 Å². The molecule has 3 aromatic rings. The van der Waals surface area contributed by atoms with Gasteiger partial charge in [-0.1, -0.05) is 24.3 Å². The first kappa shape index (κ1) is 14.1. The minimum Gasteiger partial charge on any atom is -0.497 e. The van der Waals surface area contributed by atoms with E-state index < -0.39 is 0 Å². The Labute approximate surface area is 127 Å². The third-order valence-electron chi connectivity index (χ3n) is 3.53. The van der Waals surface area contributed by atoms with Crippen molar-refractivity contribution in [2.24, 2.45) is 0 Å². The Morgan fingerprint density at radius 3 is 2.64 bits per heavy atom. The van der Waals surface area contributed by atoms with E-state index in [1.54, 1.807) is 55.5 Å². The zero-order chi connectivity index (χ0) is 15.7. The third kappa shape index (κ3) is 2.29. The van der Waals surface area contributed by atoms with E-state index in [2.05, 4.69) is 0 Å². The van der Waals surface area contributed by atoms with E-state index >= 15 is 0 Å². The fourth-order valence-corrected chi connectivity index (χ4v) is 2.43. The quantitative estimate of drug-likeness (QED) is 0.695. The van der Waals surface area contributed by atoms with Crippen LogP contribution in [0.2, 0.25) is 0 Å². The van der Waals surface area contributed by atoms with Crippen molar-refractivity contribution in [3.63, 3.8) is 0 Å². The predicted molar refractivity (Wildman–Crippen MR) is 83.6 cm³/mol. The number of fused-ring (bicyclic) bond motifs is 1. The Morgan fingerprint density at radius 2 is 1.86 bits per heavy atom. The molecule has 0 spiro atoms. The SMILES string of the molecule is COc1cccc(C(=O)c2c(C)oc3ccccc3c2=O)c1. The van der Waals surface area contributed by atoms with Gasteiger partial charge in [0, 0.05) is 5.56 Å². The summed E-state index contributed by atoms with van der Waals surface area (Å²) < 4.78 is 10.7. The molecule has 4 heteroatoms. The van der Waals surface area contributed by atoms with Crippen LogP contribution in [-0.4, -0.2) is 12.9 Å². The molecule has 1 heterocycles. The summed E-state index contributed by atoms with van der Waals surface area (Å²) in [5.74, 6) is 0.515. The van der Waals surface area contributed by atoms with Gasteiger partial charge in [-0.05, 0) is 31.2 Å². The largest absolute Gasteiger partial charge is 0.497 e. The van der Waals surface area contributed by atoms with Crippen LogP contribution >= 0.6 is 0 Å². The van der Waals surface area contributed by atoms with Gasteiger partial charge in [-0.15, -0.1) is 0 Å². The molecule has 0 aliphatic rings. The number of para-hydroxylation sites is 1. The Balaban J connectivity index is 2.21. The highest BCUT2D eigenvalue weighted by Gasteiger charge is 2.20. The lowest BCUT2D eigenvalue weighted by atomic mass is 10.0. The van der Waals surface area contributed by atoms with Crippen molar-refractivity contribution in [1.29, 1.82) is 0 Å². The number of carbonyl (C=O) groups is 1. The van der Waals surface area contributed by atoms with Gasteiger partial charge in [-0.3, -0.25) is 9.59 Å². The van der Waals surface area contributed by atoms with Gasteiger partial charge in [0.15, 0.2) is 0 Å². The minimum atomic E-state index is -0.365. The number of hydrogen-bond acceptors (Lipinski definition) is 4. The second-order valence-electron chi connectivity index (χ2n) is 4.92. The van der Waals surface area contributed by atoms with Crippen molar-refractivity contribution in [1.82, 2.24) is 0 Å². The van der Waals surface area contributed by atoms with Gasteiger partial charge >= 0.3 is 0 Å². The van der Waals surface area contributed by atoms with Crippen LogP contribution in [-0.2, 0) is 0 Å². The smallest absolute Gasteiger partial charge is 0.204 e. The first-order valence-electron chi connectivity index (χ1n) is 6.83. The van der Waals surface area contributed by atoms with Crippen LogP contribution in [0.5, 0.6) is 5.75 Å². The van der Waals surface area contributed by atoms with Crippen LogP contribution in [0.15, 0.2) is 57.7 Å². The molecule has 0 fully saturated rings. The maximum atomic E-state index is 12.7. The molecule has 0 saturated heterocycles. The number of aryl methyl sites for hydroxylation is 1. The van der Waals surface area contributed by atoms with Crippen LogP contribution in [0.3, 0.4) is 0 Å². The fourth-order valence-electron chi connectivity index (χ4n) is 2.43. The summed E-state index contributed by atoms with van der Waals surface area (Å²) in [6.07, 6.45) is 0. The summed E-state index contributed by atoms with van der Waals surface area (Å²) in [5, 5.41) is 0.402. The summed E-state index contributed by atoms with van der Waals surface area (Å²) in [6, 6.07) is 13.6. The molecule has 0 radical (unpaired) electrons. The molecule has 22 heavy (non-hydrogen) atoms. The zero-order valence-electron chi connectivity index (χ0n) is 12.3. The molecule has 0 N–H and O–H groups in total. The average molecular weight is 294 g/mol. The van der Waals surface area contributed by atoms with Gasteiger partial charge in [0.1, 0.15) is 22.7 Å². The number of ether oxygens (including phenoxy) is 1. The van der Waals surface area contributed by atoms with Crippen molar-refractivity contribution >= 4 is 16.8 Å². The maximum absolute atomic E-state index is 12.7. The lowest BCUT2D eigenvalue weighted by Gasteiger charge is -2.07. The number of methoxy groups -OCH3 is 1. The highest BCUT2D eigenvalue weighted by atomic mass is 16.5. The predicted octanol–water partition coefficient (Wildman–Crippen LogP) is 3.34. The highest BCUT2D eigenvalue weighted by Crippen LogP contribution is 2.19. The number of rotatable bonds is 3. The second-order valence-corrected chi connectivity index (χ2v) is 4.92. The van der Waals surface area contributed by atoms with E-state index in [9.17, 15) is 9.59 Å². The number of ketones is 1. The summed E-state index contributed by atoms with van der Waals surface area (Å²) >= 11 is 0. The lowest BCUT2D eigenvalue weighted by Crippen LogP contribution is -2.18. The fraction of sp³-hybridized carbons (Fsp3) is 0.111. The average Bonchev–Trinajstić information content (AvgIpc) is 2.54. The molecule has 110 valence electrons. The molecule has 3 rings (SSSR count). The second kappa shape index (κ2) is 5.48. The molecule has 0 aliphatic carbocycles. The first-order chi connectivity index (χ1) is 10.6. The number of benzene rings is 2. The summed E-state index contributed by atoms with van der Waals surface area (Å²) in [6.45, 7) is 1.63. The molecule has 2 aromatic carbocycles. The van der Waals surface area contributed by atoms with Crippen molar-refractivity contribution < 1.29 is 13.9 Å². The van der Waals surface area contributed by atoms with Crippen LogP contribution < -0.4 is 10.2 Å². The molecule has 0 amide bonds. The van der Waals surface area contributed by atoms with Gasteiger partial charge < -0.3 is 9.15 Å². The molecule has 0 atom stereocenters. The van der Waals surface area contributed by atoms with E-state index in [0.29, 0.717) is 28.0 Å². The topological polar surface area (TPSA) is 56.5 Å². The Kier molecular flexibility index (Phi) is 3.51. The van der Waals surface area contributed by atoms with E-state index in [1.807, 2.05) is 0 Å². The van der Waals surface area contributed by atoms with Gasteiger partial charge in [0.2, 0.25) is 11.2 Å². The van der Waals surface area contributed by atoms with E-state index in [-0.39, 0.29) is 16.8 Å². The highest BCUT2D eigenvalue weighted by molar-refractivity contribution is 6.10. The molecule has 0 unspecified atom stereocenters. The summed E-state index contributed by atoms with van der Waals surface area (Å²) in [7, 11) is 1.53. The van der Waals surface area contributed by atoms with Crippen LogP contribution in [0.25, 0.3) is 11.0 Å². The normalized spacial score (nSPS) is 10.6. The standard InChI is InChI=1S/C18H14O4/c1-11-16(17(19)12-6-5-7-13(10-12)21-2)18(20)14-8-3-4-9-15(14)22-11/h3-10H,1-2H3. The van der Waals surface area contributed by atoms with Gasteiger partial charge in [-0.25, -0.2) is 0 Å². The Morgan fingerprint density at radius 1 is 1.09 bits per heavy atom. The zero-order valence-corrected chi connectivity index (χ0v) is 12.3. The monoisotopic (exact) mass is 294 g/mol. The first-order valence-corrected chi connectivity index (χ1v) is 6.83. The number of hydrogen-bond donors (Lipinski definition) is 0. The van der Waals surface area contributed by atoms with Crippen LogP contribution in [0.1, 0.15) is 21.7 Å². The van der Waals surface area contributed by atoms with Crippen LogP contribution in [0.4, 0.5) is 0 Å². The third-order valence-corrected chi connectivity index (χ3v) is 3.53. The summed E-state index contributed by atoms with van der Waals surface area (Å²) in [5.41, 5.74) is 0.622. The van der Waals surface area contributed by atoms with Crippen molar-refractivity contribution in [3.05, 3.63) is 75.6 Å².